The van der Waals surface area contributed by atoms with Crippen molar-refractivity contribution in [2.24, 2.45) is 0 Å². The predicted molar refractivity (Wildman–Crippen MR) is 97.6 cm³/mol. The van der Waals surface area contributed by atoms with Crippen molar-refractivity contribution in [3.63, 3.8) is 0 Å². The molecule has 1 N–H and O–H groups in total. The Morgan fingerprint density at radius 3 is 2.52 bits per heavy atom. The zero-order valence-corrected chi connectivity index (χ0v) is 12.7. The topological polar surface area (TPSA) is 15.8 Å². The third-order valence-electron chi connectivity index (χ3n) is 5.42. The molecule has 0 fully saturated rings. The molecule has 0 saturated carbocycles. The predicted octanol–water partition coefficient (Wildman–Crippen LogP) is 5.93. The molecule has 4 aromatic rings. The van der Waals surface area contributed by atoms with Crippen LogP contribution in [0.3, 0.4) is 0 Å². The second kappa shape index (κ2) is 3.94. The van der Waals surface area contributed by atoms with E-state index in [1.165, 1.54) is 55.2 Å². The molecule has 1 aromatic heterocycles. The van der Waals surface area contributed by atoms with Crippen LogP contribution in [0.5, 0.6) is 0 Å². The lowest BCUT2D eigenvalue weighted by Crippen LogP contribution is -1.90. The van der Waals surface area contributed by atoms with E-state index in [4.69, 9.17) is 0 Å². The SMILES string of the molecule is C1=Cc2[nH]c3c(cc4c5c(cccc53)-c3ccccc3-4)c2CC1. The monoisotopic (exact) mass is 293 g/mol. The standard InChI is InChI=1S/C22H15N/c1-2-7-14-13(6-1)16-9-5-10-17-21(16)18(14)12-19-15-8-3-4-11-20(15)23-22(17)19/h1-2,4-7,9-12,23H,3,8H2. The molecule has 0 aliphatic heterocycles. The van der Waals surface area contributed by atoms with Crippen molar-refractivity contribution in [2.75, 3.05) is 0 Å². The molecule has 23 heavy (non-hydrogen) atoms. The molecule has 0 bridgehead atoms. The molecule has 3 aromatic carbocycles. The Morgan fingerprint density at radius 1 is 0.783 bits per heavy atom. The van der Waals surface area contributed by atoms with E-state index in [9.17, 15) is 0 Å². The highest BCUT2D eigenvalue weighted by atomic mass is 14.7. The first-order chi connectivity index (χ1) is 11.4. The van der Waals surface area contributed by atoms with Crippen molar-refractivity contribution in [1.82, 2.24) is 4.98 Å². The van der Waals surface area contributed by atoms with Crippen molar-refractivity contribution >= 4 is 27.8 Å². The molecule has 0 saturated heterocycles. The van der Waals surface area contributed by atoms with Gasteiger partial charge in [0.15, 0.2) is 0 Å². The fourth-order valence-corrected chi connectivity index (χ4v) is 4.44. The molecular formula is C22H15N. The lowest BCUT2D eigenvalue weighted by Gasteiger charge is -2.07. The maximum atomic E-state index is 3.68. The zero-order valence-electron chi connectivity index (χ0n) is 12.7. The van der Waals surface area contributed by atoms with Gasteiger partial charge in [-0.25, -0.2) is 0 Å². The Morgan fingerprint density at radius 2 is 1.61 bits per heavy atom. The Balaban J connectivity index is 1.87. The lowest BCUT2D eigenvalue weighted by molar-refractivity contribution is 0.992. The van der Waals surface area contributed by atoms with Gasteiger partial charge < -0.3 is 4.98 Å². The van der Waals surface area contributed by atoms with Gasteiger partial charge in [0.2, 0.25) is 0 Å². The van der Waals surface area contributed by atoms with Crippen LogP contribution in [-0.2, 0) is 6.42 Å². The van der Waals surface area contributed by atoms with Gasteiger partial charge >= 0.3 is 0 Å². The van der Waals surface area contributed by atoms with Crippen LogP contribution in [0.25, 0.3) is 50.0 Å². The second-order valence-corrected chi connectivity index (χ2v) is 6.58. The molecule has 2 aliphatic rings. The summed E-state index contributed by atoms with van der Waals surface area (Å²) in [4.78, 5) is 3.68. The van der Waals surface area contributed by atoms with E-state index >= 15 is 0 Å². The molecule has 0 unspecified atom stereocenters. The van der Waals surface area contributed by atoms with Gasteiger partial charge in [-0.3, -0.25) is 0 Å². The number of hydrogen-bond donors (Lipinski definition) is 1. The van der Waals surface area contributed by atoms with Crippen molar-refractivity contribution in [1.29, 1.82) is 0 Å². The summed E-state index contributed by atoms with van der Waals surface area (Å²) in [6, 6.07) is 17.9. The average molecular weight is 293 g/mol. The van der Waals surface area contributed by atoms with Crippen molar-refractivity contribution in [3.8, 4) is 22.3 Å². The minimum atomic E-state index is 1.14. The molecule has 1 heteroatoms. The van der Waals surface area contributed by atoms with Crippen LogP contribution >= 0.6 is 0 Å². The minimum absolute atomic E-state index is 1.14. The van der Waals surface area contributed by atoms with E-state index in [-0.39, 0.29) is 0 Å². The lowest BCUT2D eigenvalue weighted by atomic mass is 9.96. The maximum absolute atomic E-state index is 3.68. The molecule has 0 spiro atoms. The van der Waals surface area contributed by atoms with E-state index in [1.807, 2.05) is 0 Å². The average Bonchev–Trinajstić information content (AvgIpc) is 3.14. The molecule has 0 atom stereocenters. The van der Waals surface area contributed by atoms with Gasteiger partial charge in [-0.1, -0.05) is 48.5 Å². The zero-order chi connectivity index (χ0) is 15.0. The highest BCUT2D eigenvalue weighted by molar-refractivity contribution is 6.23. The number of allylic oxidation sites excluding steroid dienone is 1. The van der Waals surface area contributed by atoms with Crippen molar-refractivity contribution in [2.45, 2.75) is 12.8 Å². The number of nitrogens with one attached hydrogen (secondary N) is 1. The molecule has 6 rings (SSSR count). The van der Waals surface area contributed by atoms with Crippen LogP contribution in [0.15, 0.2) is 54.6 Å². The number of aromatic nitrogens is 1. The maximum Gasteiger partial charge on any atom is 0.0541 e. The first kappa shape index (κ1) is 11.7. The number of benzene rings is 3. The van der Waals surface area contributed by atoms with Gasteiger partial charge in [0.25, 0.3) is 0 Å². The van der Waals surface area contributed by atoms with Crippen molar-refractivity contribution in [3.05, 3.63) is 65.9 Å². The summed E-state index contributed by atoms with van der Waals surface area (Å²) < 4.78 is 0. The third kappa shape index (κ3) is 1.34. The summed E-state index contributed by atoms with van der Waals surface area (Å²) in [6.45, 7) is 0. The van der Waals surface area contributed by atoms with E-state index < -0.39 is 0 Å². The quantitative estimate of drug-likeness (QED) is 0.364. The summed E-state index contributed by atoms with van der Waals surface area (Å²) in [7, 11) is 0. The second-order valence-electron chi connectivity index (χ2n) is 6.58. The largest absolute Gasteiger partial charge is 0.354 e. The number of H-pyrrole nitrogens is 1. The molecule has 2 aliphatic carbocycles. The number of aryl methyl sites for hydroxylation is 1. The molecular weight excluding hydrogens is 278 g/mol. The van der Waals surface area contributed by atoms with Crippen LogP contribution < -0.4 is 0 Å². The van der Waals surface area contributed by atoms with Gasteiger partial charge in [0.1, 0.15) is 0 Å². The fourth-order valence-electron chi connectivity index (χ4n) is 4.44. The van der Waals surface area contributed by atoms with Crippen LogP contribution in [0.2, 0.25) is 0 Å². The molecule has 0 radical (unpaired) electrons. The van der Waals surface area contributed by atoms with Crippen LogP contribution in [0, 0.1) is 0 Å². The Labute approximate surface area is 134 Å². The highest BCUT2D eigenvalue weighted by Crippen LogP contribution is 2.49. The highest BCUT2D eigenvalue weighted by Gasteiger charge is 2.24. The molecule has 0 amide bonds. The summed E-state index contributed by atoms with van der Waals surface area (Å²) >= 11 is 0. The summed E-state index contributed by atoms with van der Waals surface area (Å²) in [6.07, 6.45) is 6.80. The molecule has 108 valence electrons. The van der Waals surface area contributed by atoms with E-state index in [1.54, 1.807) is 0 Å². The fraction of sp³-hybridized carbons (Fsp3) is 0.0909. The molecule has 1 heterocycles. The number of fused-ring (bicyclic) bond motifs is 7. The van der Waals surface area contributed by atoms with Gasteiger partial charge in [0, 0.05) is 16.5 Å². The number of aromatic amines is 1. The minimum Gasteiger partial charge on any atom is -0.354 e. The van der Waals surface area contributed by atoms with Gasteiger partial charge in [0.05, 0.1) is 5.52 Å². The van der Waals surface area contributed by atoms with Crippen molar-refractivity contribution < 1.29 is 0 Å². The van der Waals surface area contributed by atoms with Crippen LogP contribution in [0.1, 0.15) is 17.7 Å². The Bertz CT molecular complexity index is 1160. The Kier molecular flexibility index (Phi) is 2.01. The first-order valence-corrected chi connectivity index (χ1v) is 8.28. The van der Waals surface area contributed by atoms with Gasteiger partial charge in [-0.15, -0.1) is 0 Å². The van der Waals surface area contributed by atoms with E-state index in [0.717, 1.165) is 12.8 Å². The number of rotatable bonds is 0. The third-order valence-corrected chi connectivity index (χ3v) is 5.42. The smallest absolute Gasteiger partial charge is 0.0541 e. The summed E-state index contributed by atoms with van der Waals surface area (Å²) in [5.74, 6) is 0. The Hall–Kier alpha value is -2.80. The molecule has 1 nitrogen and oxygen atoms in total. The number of hydrogen-bond acceptors (Lipinski definition) is 0. The van der Waals surface area contributed by atoms with E-state index in [2.05, 4.69) is 65.7 Å². The summed E-state index contributed by atoms with van der Waals surface area (Å²) in [5, 5.41) is 4.17. The normalized spacial score (nSPS) is 14.4. The van der Waals surface area contributed by atoms with Crippen LogP contribution in [0.4, 0.5) is 0 Å². The summed E-state index contributed by atoms with van der Waals surface area (Å²) in [5.41, 5.74) is 9.60. The van der Waals surface area contributed by atoms with E-state index in [0.29, 0.717) is 0 Å². The van der Waals surface area contributed by atoms with Gasteiger partial charge in [-0.05, 0) is 58.2 Å². The van der Waals surface area contributed by atoms with Gasteiger partial charge in [-0.2, -0.15) is 0 Å². The first-order valence-electron chi connectivity index (χ1n) is 8.28. The van der Waals surface area contributed by atoms with Crippen LogP contribution in [-0.4, -0.2) is 4.98 Å².